The van der Waals surface area contributed by atoms with E-state index in [4.69, 9.17) is 0 Å². The van der Waals surface area contributed by atoms with E-state index in [1.54, 1.807) is 5.56 Å². The third-order valence-electron chi connectivity index (χ3n) is 3.82. The average molecular weight is 231 g/mol. The molecule has 1 aromatic carbocycles. The van der Waals surface area contributed by atoms with Crippen LogP contribution in [0.5, 0.6) is 0 Å². The van der Waals surface area contributed by atoms with E-state index in [2.05, 4.69) is 57.0 Å². The minimum atomic E-state index is 0.265. The summed E-state index contributed by atoms with van der Waals surface area (Å²) in [5.74, 6) is 0.850. The van der Waals surface area contributed by atoms with Crippen molar-refractivity contribution in [3.05, 3.63) is 35.4 Å². The van der Waals surface area contributed by atoms with Gasteiger partial charge in [-0.2, -0.15) is 0 Å². The molecule has 0 spiro atoms. The fourth-order valence-corrected chi connectivity index (χ4v) is 2.93. The molecule has 1 saturated heterocycles. The monoisotopic (exact) mass is 231 g/mol. The molecule has 0 aliphatic carbocycles. The minimum absolute atomic E-state index is 0.265. The third-order valence-corrected chi connectivity index (χ3v) is 3.82. The Kier molecular flexibility index (Phi) is 3.58. The van der Waals surface area contributed by atoms with Gasteiger partial charge < -0.3 is 4.90 Å². The number of nitrogens with zero attached hydrogens (tertiary/aromatic N) is 1. The predicted molar refractivity (Wildman–Crippen MR) is 74.5 cm³/mol. The van der Waals surface area contributed by atoms with Crippen molar-refractivity contribution in [1.29, 1.82) is 0 Å². The van der Waals surface area contributed by atoms with E-state index in [0.29, 0.717) is 0 Å². The molecular weight excluding hydrogens is 206 g/mol. The molecule has 0 N–H and O–H groups in total. The molecule has 0 amide bonds. The predicted octanol–water partition coefficient (Wildman–Crippen LogP) is 3.48. The molecule has 1 atom stereocenters. The van der Waals surface area contributed by atoms with Crippen molar-refractivity contribution >= 4 is 0 Å². The van der Waals surface area contributed by atoms with E-state index >= 15 is 0 Å². The first kappa shape index (κ1) is 12.6. The Morgan fingerprint density at radius 2 is 1.94 bits per heavy atom. The summed E-state index contributed by atoms with van der Waals surface area (Å²) in [6.45, 7) is 9.46. The first-order valence-electron chi connectivity index (χ1n) is 6.74. The number of hydrogen-bond acceptors (Lipinski definition) is 1. The molecule has 1 heteroatoms. The topological polar surface area (TPSA) is 3.24 Å². The van der Waals surface area contributed by atoms with Gasteiger partial charge in [-0.3, -0.25) is 0 Å². The summed E-state index contributed by atoms with van der Waals surface area (Å²) in [5.41, 5.74) is 3.34. The van der Waals surface area contributed by atoms with Crippen LogP contribution < -0.4 is 0 Å². The molecule has 2 rings (SSSR count). The number of likely N-dealkylation sites (tertiary alicyclic amines) is 1. The quantitative estimate of drug-likeness (QED) is 0.753. The molecular formula is C16H25N. The van der Waals surface area contributed by atoms with Crippen LogP contribution in [0, 0.1) is 5.92 Å². The van der Waals surface area contributed by atoms with Crippen molar-refractivity contribution in [1.82, 2.24) is 4.90 Å². The molecule has 17 heavy (non-hydrogen) atoms. The summed E-state index contributed by atoms with van der Waals surface area (Å²) in [6.07, 6.45) is 2.60. The maximum absolute atomic E-state index is 2.45. The summed E-state index contributed by atoms with van der Waals surface area (Å²) in [5, 5.41) is 0. The van der Waals surface area contributed by atoms with Crippen LogP contribution in [-0.4, -0.2) is 25.0 Å². The van der Waals surface area contributed by atoms with E-state index in [9.17, 15) is 0 Å². The molecule has 0 saturated carbocycles. The van der Waals surface area contributed by atoms with Crippen molar-refractivity contribution in [2.24, 2.45) is 5.92 Å². The highest BCUT2D eigenvalue weighted by atomic mass is 15.1. The van der Waals surface area contributed by atoms with Gasteiger partial charge in [0.2, 0.25) is 0 Å². The molecule has 0 aromatic heterocycles. The second kappa shape index (κ2) is 4.81. The Labute approximate surface area is 106 Å². The lowest BCUT2D eigenvalue weighted by atomic mass is 9.81. The Balaban J connectivity index is 2.15. The molecule has 0 radical (unpaired) electrons. The minimum Gasteiger partial charge on any atom is -0.306 e. The van der Waals surface area contributed by atoms with Crippen LogP contribution in [0.15, 0.2) is 24.3 Å². The summed E-state index contributed by atoms with van der Waals surface area (Å²) < 4.78 is 0. The third kappa shape index (κ3) is 3.10. The highest BCUT2D eigenvalue weighted by Gasteiger charge is 2.23. The van der Waals surface area contributed by atoms with Crippen molar-refractivity contribution in [3.63, 3.8) is 0 Å². The van der Waals surface area contributed by atoms with Crippen LogP contribution >= 0.6 is 0 Å². The molecule has 1 aliphatic rings. The molecule has 1 heterocycles. The fourth-order valence-electron chi connectivity index (χ4n) is 2.93. The lowest BCUT2D eigenvalue weighted by Crippen LogP contribution is -2.18. The molecule has 1 fully saturated rings. The van der Waals surface area contributed by atoms with Gasteiger partial charge in [-0.15, -0.1) is 0 Å². The Morgan fingerprint density at radius 3 is 2.53 bits per heavy atom. The summed E-state index contributed by atoms with van der Waals surface area (Å²) in [4.78, 5) is 2.45. The van der Waals surface area contributed by atoms with Crippen LogP contribution in [0.1, 0.15) is 38.3 Å². The molecule has 1 aliphatic heterocycles. The number of hydrogen-bond donors (Lipinski definition) is 0. The Morgan fingerprint density at radius 1 is 1.24 bits per heavy atom. The molecule has 1 unspecified atom stereocenters. The average Bonchev–Trinajstić information content (AvgIpc) is 2.63. The highest BCUT2D eigenvalue weighted by Crippen LogP contribution is 2.29. The zero-order valence-corrected chi connectivity index (χ0v) is 11.7. The van der Waals surface area contributed by atoms with Gasteiger partial charge >= 0.3 is 0 Å². The van der Waals surface area contributed by atoms with Gasteiger partial charge in [-0.05, 0) is 48.9 Å². The molecule has 94 valence electrons. The summed E-state index contributed by atoms with van der Waals surface area (Å²) in [6, 6.07) is 8.97. The van der Waals surface area contributed by atoms with Gasteiger partial charge in [-0.1, -0.05) is 45.0 Å². The smallest absolute Gasteiger partial charge is 0.00103 e. The largest absolute Gasteiger partial charge is 0.306 e. The van der Waals surface area contributed by atoms with Gasteiger partial charge in [0, 0.05) is 6.54 Å². The van der Waals surface area contributed by atoms with Gasteiger partial charge in [0.25, 0.3) is 0 Å². The van der Waals surface area contributed by atoms with Gasteiger partial charge in [0.05, 0.1) is 0 Å². The highest BCUT2D eigenvalue weighted by molar-refractivity contribution is 5.33. The second-order valence-corrected chi connectivity index (χ2v) is 6.53. The normalized spacial score (nSPS) is 22.0. The van der Waals surface area contributed by atoms with Gasteiger partial charge in [0.15, 0.2) is 0 Å². The van der Waals surface area contributed by atoms with Gasteiger partial charge in [-0.25, -0.2) is 0 Å². The second-order valence-electron chi connectivity index (χ2n) is 6.53. The van der Waals surface area contributed by atoms with Crippen LogP contribution in [0.2, 0.25) is 0 Å². The lowest BCUT2D eigenvalue weighted by Gasteiger charge is -2.24. The fraction of sp³-hybridized carbons (Fsp3) is 0.625. The summed E-state index contributed by atoms with van der Waals surface area (Å²) in [7, 11) is 2.23. The lowest BCUT2D eigenvalue weighted by molar-refractivity contribution is 0.393. The molecule has 1 nitrogen and oxygen atoms in total. The maximum Gasteiger partial charge on any atom is 0.00103 e. The van der Waals surface area contributed by atoms with Crippen LogP contribution in [0.3, 0.4) is 0 Å². The first-order chi connectivity index (χ1) is 7.97. The van der Waals surface area contributed by atoms with E-state index in [1.165, 1.54) is 31.5 Å². The van der Waals surface area contributed by atoms with Crippen LogP contribution in [-0.2, 0) is 11.8 Å². The molecule has 0 bridgehead atoms. The Hall–Kier alpha value is -0.820. The van der Waals surface area contributed by atoms with Gasteiger partial charge in [0.1, 0.15) is 0 Å². The van der Waals surface area contributed by atoms with Crippen molar-refractivity contribution in [3.8, 4) is 0 Å². The van der Waals surface area contributed by atoms with E-state index in [0.717, 1.165) is 5.92 Å². The SMILES string of the molecule is CN1CCC(Cc2ccccc2C(C)(C)C)C1. The zero-order chi connectivity index (χ0) is 12.5. The van der Waals surface area contributed by atoms with Crippen LogP contribution in [0.4, 0.5) is 0 Å². The Bertz CT molecular complexity index is 375. The van der Waals surface area contributed by atoms with E-state index < -0.39 is 0 Å². The van der Waals surface area contributed by atoms with Crippen LogP contribution in [0.25, 0.3) is 0 Å². The first-order valence-corrected chi connectivity index (χ1v) is 6.74. The van der Waals surface area contributed by atoms with E-state index in [-0.39, 0.29) is 5.41 Å². The maximum atomic E-state index is 2.45. The summed E-state index contributed by atoms with van der Waals surface area (Å²) >= 11 is 0. The standard InChI is InChI=1S/C16H25N/c1-16(2,3)15-8-6-5-7-14(15)11-13-9-10-17(4)12-13/h5-8,13H,9-12H2,1-4H3. The van der Waals surface area contributed by atoms with Crippen molar-refractivity contribution in [2.45, 2.75) is 39.0 Å². The molecule has 1 aromatic rings. The van der Waals surface area contributed by atoms with E-state index in [1.807, 2.05) is 0 Å². The number of rotatable bonds is 2. The van der Waals surface area contributed by atoms with Crippen molar-refractivity contribution < 1.29 is 0 Å². The van der Waals surface area contributed by atoms with Crippen molar-refractivity contribution in [2.75, 3.05) is 20.1 Å². The zero-order valence-electron chi connectivity index (χ0n) is 11.7. The number of benzene rings is 1.